The van der Waals surface area contributed by atoms with Crippen molar-refractivity contribution in [2.75, 3.05) is 6.61 Å². The van der Waals surface area contributed by atoms with Crippen LogP contribution in [-0.2, 0) is 11.2 Å². The zero-order valence-electron chi connectivity index (χ0n) is 6.87. The van der Waals surface area contributed by atoms with Crippen molar-refractivity contribution < 1.29 is 14.6 Å². The maximum atomic E-state index is 10.0. The summed E-state index contributed by atoms with van der Waals surface area (Å²) >= 11 is 2.22. The molecule has 0 fully saturated rings. The first-order chi connectivity index (χ1) is 6.18. The summed E-state index contributed by atoms with van der Waals surface area (Å²) in [4.78, 5) is 10.0. The van der Waals surface area contributed by atoms with Gasteiger partial charge in [-0.05, 0) is 40.3 Å². The minimum Gasteiger partial charge on any atom is -0.450 e. The summed E-state index contributed by atoms with van der Waals surface area (Å²) in [7, 11) is 0. The Morgan fingerprint density at radius 3 is 2.54 bits per heavy atom. The van der Waals surface area contributed by atoms with Gasteiger partial charge in [0.1, 0.15) is 0 Å². The highest BCUT2D eigenvalue weighted by molar-refractivity contribution is 14.1. The summed E-state index contributed by atoms with van der Waals surface area (Å²) in [5.74, 6) is 0. The highest BCUT2D eigenvalue weighted by atomic mass is 127. The van der Waals surface area contributed by atoms with Crippen molar-refractivity contribution in [1.82, 2.24) is 0 Å². The van der Waals surface area contributed by atoms with Gasteiger partial charge in [0, 0.05) is 9.99 Å². The smallest absolute Gasteiger partial charge is 0.450 e. The fourth-order valence-electron chi connectivity index (χ4n) is 0.907. The Morgan fingerprint density at radius 1 is 1.38 bits per heavy atom. The standard InChI is InChI=1S/C9H9IO3/c10-8-3-1-7(2-4-8)5-6-13-9(11)12/h1-4H,5-6H2,(H,11,12). The van der Waals surface area contributed by atoms with Crippen LogP contribution in [0, 0.1) is 3.57 Å². The monoisotopic (exact) mass is 292 g/mol. The van der Waals surface area contributed by atoms with Crippen molar-refractivity contribution >= 4 is 28.7 Å². The quantitative estimate of drug-likeness (QED) is 0.688. The molecular formula is C9H9IO3. The molecule has 1 aromatic carbocycles. The van der Waals surface area contributed by atoms with Gasteiger partial charge in [0.25, 0.3) is 0 Å². The van der Waals surface area contributed by atoms with E-state index >= 15 is 0 Å². The molecule has 0 atom stereocenters. The molecule has 0 aliphatic carbocycles. The van der Waals surface area contributed by atoms with E-state index in [0.29, 0.717) is 6.42 Å². The first-order valence-electron chi connectivity index (χ1n) is 3.78. The number of hydrogen-bond acceptors (Lipinski definition) is 2. The molecule has 0 aliphatic rings. The van der Waals surface area contributed by atoms with E-state index in [2.05, 4.69) is 27.3 Å². The lowest BCUT2D eigenvalue weighted by atomic mass is 10.2. The number of rotatable bonds is 3. The van der Waals surface area contributed by atoms with Gasteiger partial charge in [-0.25, -0.2) is 4.79 Å². The van der Waals surface area contributed by atoms with Crippen LogP contribution in [0.5, 0.6) is 0 Å². The van der Waals surface area contributed by atoms with Crippen LogP contribution < -0.4 is 0 Å². The largest absolute Gasteiger partial charge is 0.505 e. The van der Waals surface area contributed by atoms with Crippen molar-refractivity contribution in [3.8, 4) is 0 Å². The van der Waals surface area contributed by atoms with E-state index in [-0.39, 0.29) is 6.61 Å². The van der Waals surface area contributed by atoms with Gasteiger partial charge in [0.15, 0.2) is 0 Å². The lowest BCUT2D eigenvalue weighted by Gasteiger charge is -2.00. The van der Waals surface area contributed by atoms with E-state index in [0.717, 1.165) is 5.56 Å². The van der Waals surface area contributed by atoms with Crippen LogP contribution in [0.3, 0.4) is 0 Å². The molecule has 0 heterocycles. The van der Waals surface area contributed by atoms with Crippen molar-refractivity contribution in [3.05, 3.63) is 33.4 Å². The van der Waals surface area contributed by atoms with E-state index in [1.165, 1.54) is 3.57 Å². The molecule has 1 rings (SSSR count). The second kappa shape index (κ2) is 5.06. The van der Waals surface area contributed by atoms with Crippen LogP contribution in [0.25, 0.3) is 0 Å². The van der Waals surface area contributed by atoms with Crippen LogP contribution in [0.15, 0.2) is 24.3 Å². The van der Waals surface area contributed by atoms with Crippen LogP contribution >= 0.6 is 22.6 Å². The molecule has 0 amide bonds. The summed E-state index contributed by atoms with van der Waals surface area (Å²) in [5, 5.41) is 8.21. The molecular weight excluding hydrogens is 283 g/mol. The molecule has 3 nitrogen and oxygen atoms in total. The topological polar surface area (TPSA) is 46.5 Å². The number of hydrogen-bond donors (Lipinski definition) is 1. The second-order valence-electron chi connectivity index (χ2n) is 2.49. The van der Waals surface area contributed by atoms with E-state index in [4.69, 9.17) is 5.11 Å². The molecule has 13 heavy (non-hydrogen) atoms. The van der Waals surface area contributed by atoms with Gasteiger partial charge in [-0.15, -0.1) is 0 Å². The summed E-state index contributed by atoms with van der Waals surface area (Å²) in [6.45, 7) is 0.218. The van der Waals surface area contributed by atoms with Crippen LogP contribution in [-0.4, -0.2) is 17.9 Å². The lowest BCUT2D eigenvalue weighted by molar-refractivity contribution is 0.0927. The molecule has 70 valence electrons. The third-order valence-corrected chi connectivity index (χ3v) is 2.25. The number of halogens is 1. The molecule has 1 N–H and O–H groups in total. The summed E-state index contributed by atoms with van der Waals surface area (Å²) < 4.78 is 5.56. The fraction of sp³-hybridized carbons (Fsp3) is 0.222. The Balaban J connectivity index is 2.37. The summed E-state index contributed by atoms with van der Waals surface area (Å²) in [6.07, 6.45) is -0.589. The molecule has 0 saturated carbocycles. The minimum absolute atomic E-state index is 0.218. The highest BCUT2D eigenvalue weighted by Gasteiger charge is 1.97. The fourth-order valence-corrected chi connectivity index (χ4v) is 1.27. The van der Waals surface area contributed by atoms with Crippen molar-refractivity contribution in [2.24, 2.45) is 0 Å². The Kier molecular flexibility index (Phi) is 4.01. The van der Waals surface area contributed by atoms with Gasteiger partial charge in [-0.1, -0.05) is 12.1 Å². The second-order valence-corrected chi connectivity index (χ2v) is 3.74. The third-order valence-electron chi connectivity index (χ3n) is 1.53. The molecule has 0 spiro atoms. The van der Waals surface area contributed by atoms with Crippen molar-refractivity contribution in [2.45, 2.75) is 6.42 Å². The predicted octanol–water partition coefficient (Wildman–Crippen LogP) is 2.53. The minimum atomic E-state index is -1.22. The number of ether oxygens (including phenoxy) is 1. The summed E-state index contributed by atoms with van der Waals surface area (Å²) in [6, 6.07) is 7.90. The number of carboxylic acid groups (broad SMARTS) is 1. The van der Waals surface area contributed by atoms with Gasteiger partial charge < -0.3 is 9.84 Å². The van der Waals surface area contributed by atoms with E-state index < -0.39 is 6.16 Å². The van der Waals surface area contributed by atoms with Gasteiger partial charge in [0.05, 0.1) is 6.61 Å². The zero-order valence-corrected chi connectivity index (χ0v) is 9.02. The average molecular weight is 292 g/mol. The predicted molar refractivity (Wildman–Crippen MR) is 56.8 cm³/mol. The van der Waals surface area contributed by atoms with Gasteiger partial charge in [-0.2, -0.15) is 0 Å². The molecule has 0 saturated heterocycles. The van der Waals surface area contributed by atoms with Crippen LogP contribution in [0.2, 0.25) is 0 Å². The Hall–Kier alpha value is -0.780. The van der Waals surface area contributed by atoms with Gasteiger partial charge in [0.2, 0.25) is 0 Å². The highest BCUT2D eigenvalue weighted by Crippen LogP contribution is 2.07. The lowest BCUT2D eigenvalue weighted by Crippen LogP contribution is -2.04. The normalized spacial score (nSPS) is 9.62. The molecule has 0 unspecified atom stereocenters. The maximum Gasteiger partial charge on any atom is 0.505 e. The molecule has 0 aromatic heterocycles. The maximum absolute atomic E-state index is 10.0. The van der Waals surface area contributed by atoms with Crippen LogP contribution in [0.1, 0.15) is 5.56 Å². The first-order valence-corrected chi connectivity index (χ1v) is 4.86. The number of benzene rings is 1. The van der Waals surface area contributed by atoms with Gasteiger partial charge in [-0.3, -0.25) is 0 Å². The van der Waals surface area contributed by atoms with Crippen molar-refractivity contribution in [3.63, 3.8) is 0 Å². The summed E-state index contributed by atoms with van der Waals surface area (Å²) in [5.41, 5.74) is 1.08. The van der Waals surface area contributed by atoms with E-state index in [1.54, 1.807) is 0 Å². The number of carbonyl (C=O) groups is 1. The molecule has 0 radical (unpaired) electrons. The zero-order chi connectivity index (χ0) is 9.68. The Labute approximate surface area is 89.9 Å². The Morgan fingerprint density at radius 2 is 2.00 bits per heavy atom. The van der Waals surface area contributed by atoms with Crippen LogP contribution in [0.4, 0.5) is 4.79 Å². The Bertz CT molecular complexity index is 281. The molecule has 0 bridgehead atoms. The van der Waals surface area contributed by atoms with Crippen molar-refractivity contribution in [1.29, 1.82) is 0 Å². The van der Waals surface area contributed by atoms with E-state index in [1.807, 2.05) is 24.3 Å². The molecule has 4 heteroatoms. The molecule has 1 aromatic rings. The SMILES string of the molecule is O=C(O)OCCc1ccc(I)cc1. The third kappa shape index (κ3) is 4.12. The van der Waals surface area contributed by atoms with E-state index in [9.17, 15) is 4.79 Å². The average Bonchev–Trinajstić information content (AvgIpc) is 2.08. The van der Waals surface area contributed by atoms with Gasteiger partial charge >= 0.3 is 6.16 Å². The first kappa shape index (κ1) is 10.3. The molecule has 0 aliphatic heterocycles.